The minimum atomic E-state index is 0.461. The quantitative estimate of drug-likeness (QED) is 0.829. The van der Waals surface area contributed by atoms with Gasteiger partial charge in [0.05, 0.1) is 0 Å². The van der Waals surface area contributed by atoms with Crippen LogP contribution in [0.4, 0.5) is 0 Å². The second kappa shape index (κ2) is 6.80. The van der Waals surface area contributed by atoms with Gasteiger partial charge in [-0.25, -0.2) is 0 Å². The number of thiocarbonyl (C=S) groups is 1. The minimum Gasteiger partial charge on any atom is -0.389 e. The van der Waals surface area contributed by atoms with Crippen LogP contribution in [0.1, 0.15) is 16.7 Å². The van der Waals surface area contributed by atoms with Crippen molar-refractivity contribution in [1.29, 1.82) is 0 Å². The first-order valence-electron chi connectivity index (χ1n) is 6.23. The second-order valence-corrected chi connectivity index (χ2v) is 5.90. The van der Waals surface area contributed by atoms with Gasteiger partial charge < -0.3 is 10.6 Å². The Morgan fingerprint density at radius 3 is 2.84 bits per heavy atom. The summed E-state index contributed by atoms with van der Waals surface area (Å²) in [7, 11) is 2.14. The molecule has 1 aromatic carbocycles. The fraction of sp³-hybridized carbons (Fsp3) is 0.267. The van der Waals surface area contributed by atoms with Crippen LogP contribution in [-0.2, 0) is 13.0 Å². The van der Waals surface area contributed by atoms with Gasteiger partial charge in [0.1, 0.15) is 4.99 Å². The number of thiophene rings is 1. The number of benzene rings is 1. The summed E-state index contributed by atoms with van der Waals surface area (Å²) in [6, 6.07) is 10.3. The number of nitrogens with two attached hydrogens (primary N) is 1. The smallest absolute Gasteiger partial charge is 0.103 e. The second-order valence-electron chi connectivity index (χ2n) is 4.68. The van der Waals surface area contributed by atoms with Crippen LogP contribution in [0.2, 0.25) is 0 Å². The Bertz CT molecular complexity index is 535. The average molecular weight is 290 g/mol. The zero-order valence-electron chi connectivity index (χ0n) is 11.0. The van der Waals surface area contributed by atoms with Crippen LogP contribution in [0.25, 0.3) is 0 Å². The molecule has 0 unspecified atom stereocenters. The van der Waals surface area contributed by atoms with E-state index < -0.39 is 0 Å². The third-order valence-electron chi connectivity index (χ3n) is 3.03. The highest BCUT2D eigenvalue weighted by Gasteiger charge is 2.03. The molecule has 19 heavy (non-hydrogen) atoms. The molecule has 0 saturated heterocycles. The fourth-order valence-electron chi connectivity index (χ4n) is 1.97. The summed E-state index contributed by atoms with van der Waals surface area (Å²) >= 11 is 6.76. The summed E-state index contributed by atoms with van der Waals surface area (Å²) in [6.07, 6.45) is 1.09. The van der Waals surface area contributed by atoms with Crippen LogP contribution < -0.4 is 5.73 Å². The van der Waals surface area contributed by atoms with Crippen molar-refractivity contribution >= 4 is 28.5 Å². The molecule has 0 aliphatic rings. The molecule has 0 atom stereocenters. The molecule has 0 aliphatic carbocycles. The predicted molar refractivity (Wildman–Crippen MR) is 86.7 cm³/mol. The SMILES string of the molecule is CN(CCc1ccsc1)Cc1cccc(C(N)=S)c1. The van der Waals surface area contributed by atoms with Gasteiger partial charge in [-0.1, -0.05) is 30.4 Å². The van der Waals surface area contributed by atoms with E-state index in [1.807, 2.05) is 12.1 Å². The zero-order valence-corrected chi connectivity index (χ0v) is 12.6. The molecule has 2 rings (SSSR count). The van der Waals surface area contributed by atoms with Crippen molar-refractivity contribution < 1.29 is 0 Å². The van der Waals surface area contributed by atoms with Crippen molar-refractivity contribution in [2.45, 2.75) is 13.0 Å². The third-order valence-corrected chi connectivity index (χ3v) is 3.99. The molecule has 0 fully saturated rings. The maximum Gasteiger partial charge on any atom is 0.103 e. The Balaban J connectivity index is 1.89. The summed E-state index contributed by atoms with van der Waals surface area (Å²) in [6.45, 7) is 1.97. The first kappa shape index (κ1) is 14.2. The van der Waals surface area contributed by atoms with Crippen molar-refractivity contribution in [2.75, 3.05) is 13.6 Å². The highest BCUT2D eigenvalue weighted by molar-refractivity contribution is 7.80. The normalized spacial score (nSPS) is 10.8. The molecule has 1 aromatic heterocycles. The molecular formula is C15H18N2S2. The molecule has 0 bridgehead atoms. The van der Waals surface area contributed by atoms with Gasteiger partial charge in [-0.3, -0.25) is 0 Å². The van der Waals surface area contributed by atoms with Crippen LogP contribution in [0.5, 0.6) is 0 Å². The highest BCUT2D eigenvalue weighted by Crippen LogP contribution is 2.10. The molecule has 1 heterocycles. The van der Waals surface area contributed by atoms with Crippen molar-refractivity contribution in [2.24, 2.45) is 5.73 Å². The summed E-state index contributed by atoms with van der Waals surface area (Å²) in [4.78, 5) is 2.78. The molecule has 0 aliphatic heterocycles. The standard InChI is InChI=1S/C15H18N2S2/c1-17(7-5-12-6-8-19-11-12)10-13-3-2-4-14(9-13)15(16)18/h2-4,6,8-9,11H,5,7,10H2,1H3,(H2,16,18). The predicted octanol–water partition coefficient (Wildman–Crippen LogP) is 3.06. The lowest BCUT2D eigenvalue weighted by molar-refractivity contribution is 0.331. The lowest BCUT2D eigenvalue weighted by atomic mass is 10.1. The van der Waals surface area contributed by atoms with E-state index in [0.717, 1.165) is 25.1 Å². The third kappa shape index (κ3) is 4.42. The molecule has 2 aromatic rings. The van der Waals surface area contributed by atoms with Gasteiger partial charge in [-0.05, 0) is 47.5 Å². The average Bonchev–Trinajstić information content (AvgIpc) is 2.90. The number of rotatable bonds is 6. The van der Waals surface area contributed by atoms with E-state index in [2.05, 4.69) is 40.9 Å². The van der Waals surface area contributed by atoms with E-state index in [1.165, 1.54) is 11.1 Å². The van der Waals surface area contributed by atoms with Crippen LogP contribution in [0.3, 0.4) is 0 Å². The molecule has 0 amide bonds. The summed E-state index contributed by atoms with van der Waals surface area (Å²) in [5, 5.41) is 4.34. The van der Waals surface area contributed by atoms with E-state index >= 15 is 0 Å². The van der Waals surface area contributed by atoms with Crippen molar-refractivity contribution in [3.8, 4) is 0 Å². The molecule has 0 spiro atoms. The summed E-state index contributed by atoms with van der Waals surface area (Å²) in [5.74, 6) is 0. The van der Waals surface area contributed by atoms with E-state index in [4.69, 9.17) is 18.0 Å². The van der Waals surface area contributed by atoms with Crippen molar-refractivity contribution in [1.82, 2.24) is 4.90 Å². The maximum atomic E-state index is 5.66. The van der Waals surface area contributed by atoms with Crippen LogP contribution in [-0.4, -0.2) is 23.5 Å². The van der Waals surface area contributed by atoms with Crippen LogP contribution >= 0.6 is 23.6 Å². The van der Waals surface area contributed by atoms with Crippen LogP contribution in [0, 0.1) is 0 Å². The topological polar surface area (TPSA) is 29.3 Å². The summed E-state index contributed by atoms with van der Waals surface area (Å²) in [5.41, 5.74) is 9.26. The molecule has 0 saturated carbocycles. The molecule has 0 radical (unpaired) electrons. The molecular weight excluding hydrogens is 272 g/mol. The largest absolute Gasteiger partial charge is 0.389 e. The maximum absolute atomic E-state index is 5.66. The monoisotopic (exact) mass is 290 g/mol. The minimum absolute atomic E-state index is 0.461. The number of nitrogens with zero attached hydrogens (tertiary/aromatic N) is 1. The fourth-order valence-corrected chi connectivity index (χ4v) is 2.80. The molecule has 4 heteroatoms. The van der Waals surface area contributed by atoms with Gasteiger partial charge in [-0.15, -0.1) is 0 Å². The van der Waals surface area contributed by atoms with Gasteiger partial charge in [-0.2, -0.15) is 11.3 Å². The van der Waals surface area contributed by atoms with E-state index in [9.17, 15) is 0 Å². The van der Waals surface area contributed by atoms with Crippen molar-refractivity contribution in [3.05, 3.63) is 57.8 Å². The zero-order chi connectivity index (χ0) is 13.7. The highest BCUT2D eigenvalue weighted by atomic mass is 32.1. The van der Waals surface area contributed by atoms with Gasteiger partial charge in [0, 0.05) is 18.7 Å². The Morgan fingerprint density at radius 2 is 2.16 bits per heavy atom. The van der Waals surface area contributed by atoms with Gasteiger partial charge in [0.15, 0.2) is 0 Å². The molecule has 2 N–H and O–H groups in total. The first-order chi connectivity index (χ1) is 9.15. The van der Waals surface area contributed by atoms with Crippen LogP contribution in [0.15, 0.2) is 41.1 Å². The van der Waals surface area contributed by atoms with Gasteiger partial charge in [0.2, 0.25) is 0 Å². The van der Waals surface area contributed by atoms with Gasteiger partial charge in [0.25, 0.3) is 0 Å². The first-order valence-corrected chi connectivity index (χ1v) is 7.58. The Kier molecular flexibility index (Phi) is 5.07. The van der Waals surface area contributed by atoms with E-state index in [-0.39, 0.29) is 0 Å². The Hall–Kier alpha value is -1.23. The number of hydrogen-bond acceptors (Lipinski definition) is 3. The number of hydrogen-bond donors (Lipinski definition) is 1. The van der Waals surface area contributed by atoms with Gasteiger partial charge >= 0.3 is 0 Å². The molecule has 2 nitrogen and oxygen atoms in total. The van der Waals surface area contributed by atoms with E-state index in [1.54, 1.807) is 11.3 Å². The Morgan fingerprint density at radius 1 is 1.32 bits per heavy atom. The molecule has 100 valence electrons. The van der Waals surface area contributed by atoms with Crippen molar-refractivity contribution in [3.63, 3.8) is 0 Å². The summed E-state index contributed by atoms with van der Waals surface area (Å²) < 4.78 is 0. The Labute approximate surface area is 123 Å². The van der Waals surface area contributed by atoms with E-state index in [0.29, 0.717) is 4.99 Å². The lowest BCUT2D eigenvalue weighted by Crippen LogP contribution is -2.21. The number of likely N-dealkylation sites (N-methyl/N-ethyl adjacent to an activating group) is 1. The lowest BCUT2D eigenvalue weighted by Gasteiger charge is -2.16.